The Kier molecular flexibility index (Phi) is 3.45. The number of ether oxygens (including phenoxy) is 1. The summed E-state index contributed by atoms with van der Waals surface area (Å²) in [6.45, 7) is 3.68. The Morgan fingerprint density at radius 1 is 1.50 bits per heavy atom. The van der Waals surface area contributed by atoms with E-state index >= 15 is 0 Å². The Bertz CT molecular complexity index is 446. The molecule has 1 aliphatic heterocycles. The Morgan fingerprint density at radius 3 is 2.89 bits per heavy atom. The van der Waals surface area contributed by atoms with Crippen LogP contribution >= 0.6 is 0 Å². The van der Waals surface area contributed by atoms with Gasteiger partial charge < -0.3 is 14.7 Å². The van der Waals surface area contributed by atoms with E-state index in [1.54, 1.807) is 7.11 Å². The summed E-state index contributed by atoms with van der Waals surface area (Å²) in [7, 11) is 1.66. The number of anilines is 1. The summed E-state index contributed by atoms with van der Waals surface area (Å²) in [4.78, 5) is 13.1. The van der Waals surface area contributed by atoms with Crippen molar-refractivity contribution in [2.45, 2.75) is 19.8 Å². The van der Waals surface area contributed by atoms with Crippen LogP contribution in [0.25, 0.3) is 0 Å². The summed E-state index contributed by atoms with van der Waals surface area (Å²) in [6.07, 6.45) is 1.12. The SMILES string of the molecule is COc1ccccc1N1CCC(C)(CC(=O)O)C1. The third-order valence-corrected chi connectivity index (χ3v) is 3.56. The second-order valence-corrected chi connectivity index (χ2v) is 5.22. The van der Waals surface area contributed by atoms with Gasteiger partial charge in [-0.05, 0) is 24.0 Å². The van der Waals surface area contributed by atoms with E-state index < -0.39 is 5.97 Å². The molecule has 1 atom stereocenters. The van der Waals surface area contributed by atoms with Crippen molar-refractivity contribution in [2.24, 2.45) is 5.41 Å². The minimum absolute atomic E-state index is 0.146. The molecule has 0 bridgehead atoms. The summed E-state index contributed by atoms with van der Waals surface area (Å²) >= 11 is 0. The van der Waals surface area contributed by atoms with Gasteiger partial charge in [0.25, 0.3) is 0 Å². The average molecular weight is 249 g/mol. The van der Waals surface area contributed by atoms with Crippen LogP contribution in [-0.4, -0.2) is 31.3 Å². The smallest absolute Gasteiger partial charge is 0.303 e. The number of nitrogens with zero attached hydrogens (tertiary/aromatic N) is 1. The highest BCUT2D eigenvalue weighted by Gasteiger charge is 2.36. The number of carboxylic acid groups (broad SMARTS) is 1. The number of carboxylic acids is 1. The molecular weight excluding hydrogens is 230 g/mol. The molecule has 1 unspecified atom stereocenters. The maximum absolute atomic E-state index is 10.9. The zero-order chi connectivity index (χ0) is 13.2. The summed E-state index contributed by atoms with van der Waals surface area (Å²) in [5.74, 6) is 0.122. The highest BCUT2D eigenvalue weighted by Crippen LogP contribution is 2.39. The molecule has 1 aromatic rings. The minimum atomic E-state index is -0.723. The molecule has 4 heteroatoms. The van der Waals surface area contributed by atoms with Gasteiger partial charge in [0.15, 0.2) is 0 Å². The van der Waals surface area contributed by atoms with E-state index in [-0.39, 0.29) is 11.8 Å². The average Bonchev–Trinajstić information content (AvgIpc) is 2.70. The van der Waals surface area contributed by atoms with Crippen LogP contribution in [0.15, 0.2) is 24.3 Å². The standard InChI is InChI=1S/C14H19NO3/c1-14(9-13(16)17)7-8-15(10-14)11-5-3-4-6-12(11)18-2/h3-6H,7-10H2,1-2H3,(H,16,17). The fourth-order valence-electron chi connectivity index (χ4n) is 2.63. The summed E-state index contributed by atoms with van der Waals surface area (Å²) in [5.41, 5.74) is 0.904. The van der Waals surface area contributed by atoms with E-state index in [0.717, 1.165) is 30.9 Å². The molecule has 1 N–H and O–H groups in total. The molecule has 0 spiro atoms. The van der Waals surface area contributed by atoms with Crippen LogP contribution < -0.4 is 9.64 Å². The number of benzene rings is 1. The summed E-state index contributed by atoms with van der Waals surface area (Å²) in [5, 5.41) is 8.95. The third kappa shape index (κ3) is 2.58. The zero-order valence-corrected chi connectivity index (χ0v) is 10.8. The zero-order valence-electron chi connectivity index (χ0n) is 10.8. The van der Waals surface area contributed by atoms with Gasteiger partial charge in [0.2, 0.25) is 0 Å². The molecule has 1 aromatic carbocycles. The maximum atomic E-state index is 10.9. The van der Waals surface area contributed by atoms with Gasteiger partial charge in [0.1, 0.15) is 5.75 Å². The number of rotatable bonds is 4. The van der Waals surface area contributed by atoms with E-state index in [1.807, 2.05) is 31.2 Å². The third-order valence-electron chi connectivity index (χ3n) is 3.56. The first-order valence-corrected chi connectivity index (χ1v) is 6.14. The van der Waals surface area contributed by atoms with Gasteiger partial charge in [-0.3, -0.25) is 4.79 Å². The molecule has 1 fully saturated rings. The van der Waals surface area contributed by atoms with Crippen LogP contribution in [-0.2, 0) is 4.79 Å². The molecule has 0 aromatic heterocycles. The van der Waals surface area contributed by atoms with Crippen LogP contribution in [0.5, 0.6) is 5.75 Å². The van der Waals surface area contributed by atoms with Gasteiger partial charge in [-0.1, -0.05) is 19.1 Å². The number of para-hydroxylation sites is 2. The molecule has 1 heterocycles. The van der Waals surface area contributed by atoms with Crippen molar-refractivity contribution in [3.63, 3.8) is 0 Å². The van der Waals surface area contributed by atoms with Gasteiger partial charge in [-0.25, -0.2) is 0 Å². The molecule has 0 saturated carbocycles. The molecular formula is C14H19NO3. The molecule has 98 valence electrons. The lowest BCUT2D eigenvalue weighted by Gasteiger charge is -2.25. The van der Waals surface area contributed by atoms with Crippen molar-refractivity contribution >= 4 is 11.7 Å². The Morgan fingerprint density at radius 2 is 2.22 bits per heavy atom. The van der Waals surface area contributed by atoms with Crippen LogP contribution in [0.3, 0.4) is 0 Å². The lowest BCUT2D eigenvalue weighted by Crippen LogP contribution is -2.27. The predicted octanol–water partition coefficient (Wildman–Crippen LogP) is 2.39. The van der Waals surface area contributed by atoms with E-state index in [9.17, 15) is 4.79 Å². The highest BCUT2D eigenvalue weighted by molar-refractivity contribution is 5.68. The van der Waals surface area contributed by atoms with Crippen molar-refractivity contribution in [3.05, 3.63) is 24.3 Å². The first-order valence-electron chi connectivity index (χ1n) is 6.14. The second kappa shape index (κ2) is 4.88. The van der Waals surface area contributed by atoms with Gasteiger partial charge in [-0.2, -0.15) is 0 Å². The normalized spacial score (nSPS) is 23.1. The van der Waals surface area contributed by atoms with Gasteiger partial charge in [0, 0.05) is 13.1 Å². The Balaban J connectivity index is 2.15. The minimum Gasteiger partial charge on any atom is -0.495 e. The molecule has 1 aliphatic rings. The monoisotopic (exact) mass is 249 g/mol. The molecule has 1 saturated heterocycles. The van der Waals surface area contributed by atoms with E-state index in [4.69, 9.17) is 9.84 Å². The molecule has 0 aliphatic carbocycles. The number of hydrogen-bond donors (Lipinski definition) is 1. The van der Waals surface area contributed by atoms with Crippen LogP contribution in [0, 0.1) is 5.41 Å². The van der Waals surface area contributed by atoms with E-state index in [1.165, 1.54) is 0 Å². The molecule has 18 heavy (non-hydrogen) atoms. The predicted molar refractivity (Wildman–Crippen MR) is 70.2 cm³/mol. The Labute approximate surface area is 107 Å². The lowest BCUT2D eigenvalue weighted by atomic mass is 9.86. The van der Waals surface area contributed by atoms with E-state index in [0.29, 0.717) is 0 Å². The van der Waals surface area contributed by atoms with Crippen molar-refractivity contribution in [2.75, 3.05) is 25.1 Å². The molecule has 0 radical (unpaired) electrons. The fraction of sp³-hybridized carbons (Fsp3) is 0.500. The fourth-order valence-corrected chi connectivity index (χ4v) is 2.63. The van der Waals surface area contributed by atoms with Crippen molar-refractivity contribution in [3.8, 4) is 5.75 Å². The Hall–Kier alpha value is -1.71. The molecule has 4 nitrogen and oxygen atoms in total. The van der Waals surface area contributed by atoms with Crippen LogP contribution in [0.2, 0.25) is 0 Å². The van der Waals surface area contributed by atoms with Crippen molar-refractivity contribution in [1.82, 2.24) is 0 Å². The summed E-state index contributed by atoms with van der Waals surface area (Å²) < 4.78 is 5.35. The topological polar surface area (TPSA) is 49.8 Å². The molecule has 2 rings (SSSR count). The number of hydrogen-bond acceptors (Lipinski definition) is 3. The van der Waals surface area contributed by atoms with Gasteiger partial charge >= 0.3 is 5.97 Å². The number of carbonyl (C=O) groups is 1. The molecule has 0 amide bonds. The van der Waals surface area contributed by atoms with Crippen LogP contribution in [0.4, 0.5) is 5.69 Å². The van der Waals surface area contributed by atoms with Crippen molar-refractivity contribution in [1.29, 1.82) is 0 Å². The largest absolute Gasteiger partial charge is 0.495 e. The lowest BCUT2D eigenvalue weighted by molar-refractivity contribution is -0.139. The first kappa shape index (κ1) is 12.7. The number of aliphatic carboxylic acids is 1. The number of methoxy groups -OCH3 is 1. The van der Waals surface area contributed by atoms with Crippen molar-refractivity contribution < 1.29 is 14.6 Å². The van der Waals surface area contributed by atoms with Gasteiger partial charge in [-0.15, -0.1) is 0 Å². The highest BCUT2D eigenvalue weighted by atomic mass is 16.5. The maximum Gasteiger partial charge on any atom is 0.303 e. The van der Waals surface area contributed by atoms with E-state index in [2.05, 4.69) is 4.90 Å². The van der Waals surface area contributed by atoms with Gasteiger partial charge in [0.05, 0.1) is 19.2 Å². The second-order valence-electron chi connectivity index (χ2n) is 5.22. The first-order chi connectivity index (χ1) is 8.54. The quantitative estimate of drug-likeness (QED) is 0.890. The summed E-state index contributed by atoms with van der Waals surface area (Å²) in [6, 6.07) is 7.87. The van der Waals surface area contributed by atoms with Crippen LogP contribution in [0.1, 0.15) is 19.8 Å².